The number of carbonyl (C=O) groups excluding carboxylic acids is 1. The van der Waals surface area contributed by atoms with Gasteiger partial charge in [0, 0.05) is 13.6 Å². The Morgan fingerprint density at radius 1 is 1.52 bits per heavy atom. The summed E-state index contributed by atoms with van der Waals surface area (Å²) in [5.74, 6) is -2.75. The van der Waals surface area contributed by atoms with Crippen LogP contribution in [0.2, 0.25) is 0 Å². The average Bonchev–Trinajstić information content (AvgIpc) is 2.76. The fourth-order valence-electron chi connectivity index (χ4n) is 1.70. The van der Waals surface area contributed by atoms with Gasteiger partial charge < -0.3 is 15.2 Å². The van der Waals surface area contributed by atoms with E-state index in [1.807, 2.05) is 18.0 Å². The zero-order valence-electron chi connectivity index (χ0n) is 11.5. The molecular weight excluding hydrogens is 295 g/mol. The summed E-state index contributed by atoms with van der Waals surface area (Å²) in [4.78, 5) is 22.2. The zero-order chi connectivity index (χ0) is 16.6. The molecule has 1 rings (SSSR count). The van der Waals surface area contributed by atoms with Crippen molar-refractivity contribution in [3.8, 4) is 6.07 Å². The topological polar surface area (TPSA) is 103 Å². The SMILES string of the molecule is CNC(=O)[C@@H]1C[C@@H](OCC#N)CN1C.O=C(O)C(F)(F)F. The van der Waals surface area contributed by atoms with Crippen LogP contribution in [-0.4, -0.2) is 67.5 Å². The Hall–Kier alpha value is -1.86. The Kier molecular flexibility index (Phi) is 7.69. The summed E-state index contributed by atoms with van der Waals surface area (Å²) < 4.78 is 37.0. The predicted molar refractivity (Wildman–Crippen MR) is 64.1 cm³/mol. The van der Waals surface area contributed by atoms with Crippen LogP contribution in [0.1, 0.15) is 6.42 Å². The molecule has 1 aliphatic heterocycles. The van der Waals surface area contributed by atoms with Gasteiger partial charge in [-0.15, -0.1) is 0 Å². The Morgan fingerprint density at radius 3 is 2.43 bits per heavy atom. The lowest BCUT2D eigenvalue weighted by Gasteiger charge is -2.16. The number of nitrogens with one attached hydrogen (secondary N) is 1. The molecule has 2 N–H and O–H groups in total. The van der Waals surface area contributed by atoms with Crippen LogP contribution in [0.3, 0.4) is 0 Å². The van der Waals surface area contributed by atoms with E-state index in [-0.39, 0.29) is 24.7 Å². The van der Waals surface area contributed by atoms with Crippen molar-refractivity contribution in [3.05, 3.63) is 0 Å². The van der Waals surface area contributed by atoms with Crippen LogP contribution in [-0.2, 0) is 14.3 Å². The molecule has 0 aromatic carbocycles. The van der Waals surface area contributed by atoms with Crippen molar-refractivity contribution in [1.29, 1.82) is 5.26 Å². The van der Waals surface area contributed by atoms with Crippen LogP contribution >= 0.6 is 0 Å². The number of ether oxygens (including phenoxy) is 1. The van der Waals surface area contributed by atoms with Crippen LogP contribution in [0.25, 0.3) is 0 Å². The van der Waals surface area contributed by atoms with Gasteiger partial charge in [0.05, 0.1) is 18.2 Å². The highest BCUT2D eigenvalue weighted by atomic mass is 19.4. The molecule has 2 atom stereocenters. The molecule has 10 heteroatoms. The maximum atomic E-state index is 11.4. The number of alkyl halides is 3. The van der Waals surface area contributed by atoms with Crippen LogP contribution in [0.4, 0.5) is 13.2 Å². The Morgan fingerprint density at radius 2 is 2.05 bits per heavy atom. The number of likely N-dealkylation sites (tertiary alicyclic amines) is 1. The number of likely N-dealkylation sites (N-methyl/N-ethyl adjacent to an activating group) is 2. The molecule has 0 aliphatic carbocycles. The normalized spacial score (nSPS) is 21.9. The summed E-state index contributed by atoms with van der Waals surface area (Å²) in [6.07, 6.45) is -4.42. The maximum Gasteiger partial charge on any atom is 0.490 e. The second kappa shape index (κ2) is 8.43. The Labute approximate surface area is 119 Å². The van der Waals surface area contributed by atoms with Crippen molar-refractivity contribution >= 4 is 11.9 Å². The van der Waals surface area contributed by atoms with Gasteiger partial charge in [-0.05, 0) is 13.5 Å². The highest BCUT2D eigenvalue weighted by molar-refractivity contribution is 5.81. The van der Waals surface area contributed by atoms with Gasteiger partial charge in [-0.1, -0.05) is 0 Å². The Balaban J connectivity index is 0.000000486. The second-order valence-electron chi connectivity index (χ2n) is 4.20. The van der Waals surface area contributed by atoms with Crippen LogP contribution in [0.15, 0.2) is 0 Å². The number of amides is 1. The molecule has 0 saturated carbocycles. The van der Waals surface area contributed by atoms with Crippen molar-refractivity contribution < 1.29 is 32.6 Å². The molecule has 1 saturated heterocycles. The van der Waals surface area contributed by atoms with Crippen molar-refractivity contribution in [2.45, 2.75) is 24.7 Å². The minimum absolute atomic E-state index is 0.00181. The second-order valence-corrected chi connectivity index (χ2v) is 4.20. The largest absolute Gasteiger partial charge is 0.490 e. The van der Waals surface area contributed by atoms with Crippen LogP contribution in [0.5, 0.6) is 0 Å². The lowest BCUT2D eigenvalue weighted by molar-refractivity contribution is -0.192. The predicted octanol–water partition coefficient (Wildman–Crippen LogP) is -0.0214. The molecular formula is C11H16F3N3O4. The minimum Gasteiger partial charge on any atom is -0.475 e. The fourth-order valence-corrected chi connectivity index (χ4v) is 1.70. The third-order valence-electron chi connectivity index (χ3n) is 2.68. The summed E-state index contributed by atoms with van der Waals surface area (Å²) in [5.41, 5.74) is 0. The highest BCUT2D eigenvalue weighted by Crippen LogP contribution is 2.18. The first-order valence-corrected chi connectivity index (χ1v) is 5.84. The van der Waals surface area contributed by atoms with E-state index < -0.39 is 12.1 Å². The molecule has 0 spiro atoms. The molecule has 120 valence electrons. The summed E-state index contributed by atoms with van der Waals surface area (Å²) in [5, 5.41) is 18.1. The Bertz CT molecular complexity index is 408. The third-order valence-corrected chi connectivity index (χ3v) is 2.68. The lowest BCUT2D eigenvalue weighted by atomic mass is 10.2. The summed E-state index contributed by atoms with van der Waals surface area (Å²) in [6, 6.07) is 1.80. The fraction of sp³-hybridized carbons (Fsp3) is 0.727. The molecule has 1 fully saturated rings. The van der Waals surface area contributed by atoms with Crippen LogP contribution in [0, 0.1) is 11.3 Å². The standard InChI is InChI=1S/C9H15N3O2.C2HF3O2/c1-11-9(13)8-5-7(6-12(8)2)14-4-3-10;3-2(4,5)1(6)7/h7-8H,4-6H2,1-2H3,(H,11,13);(H,6,7)/t7-,8+;/m1./s1. The van der Waals surface area contributed by atoms with Gasteiger partial charge >= 0.3 is 12.1 Å². The van der Waals surface area contributed by atoms with E-state index in [4.69, 9.17) is 19.9 Å². The van der Waals surface area contributed by atoms with E-state index >= 15 is 0 Å². The van der Waals surface area contributed by atoms with Gasteiger partial charge in [0.25, 0.3) is 0 Å². The molecule has 7 nitrogen and oxygen atoms in total. The summed E-state index contributed by atoms with van der Waals surface area (Å²) in [7, 11) is 3.51. The number of carboxylic acids is 1. The summed E-state index contributed by atoms with van der Waals surface area (Å²) >= 11 is 0. The number of carboxylic acid groups (broad SMARTS) is 1. The number of aliphatic carboxylic acids is 1. The van der Waals surface area contributed by atoms with Gasteiger partial charge in [-0.25, -0.2) is 4.79 Å². The van der Waals surface area contributed by atoms with Crippen molar-refractivity contribution in [2.75, 3.05) is 27.2 Å². The first-order chi connectivity index (χ1) is 9.63. The van der Waals surface area contributed by atoms with Crippen molar-refractivity contribution in [1.82, 2.24) is 10.2 Å². The number of hydrogen-bond acceptors (Lipinski definition) is 5. The van der Waals surface area contributed by atoms with Gasteiger partial charge in [-0.2, -0.15) is 18.4 Å². The monoisotopic (exact) mass is 311 g/mol. The first-order valence-electron chi connectivity index (χ1n) is 5.84. The van der Waals surface area contributed by atoms with E-state index in [0.29, 0.717) is 13.0 Å². The maximum absolute atomic E-state index is 11.4. The summed E-state index contributed by atoms with van der Waals surface area (Å²) in [6.45, 7) is 0.804. The molecule has 0 unspecified atom stereocenters. The molecule has 1 aliphatic rings. The van der Waals surface area contributed by atoms with E-state index in [1.54, 1.807) is 7.05 Å². The van der Waals surface area contributed by atoms with Crippen molar-refractivity contribution in [2.24, 2.45) is 0 Å². The van der Waals surface area contributed by atoms with Gasteiger partial charge in [0.1, 0.15) is 6.61 Å². The van der Waals surface area contributed by atoms with E-state index in [9.17, 15) is 18.0 Å². The zero-order valence-corrected chi connectivity index (χ0v) is 11.5. The quantitative estimate of drug-likeness (QED) is 0.759. The van der Waals surface area contributed by atoms with Gasteiger partial charge in [-0.3, -0.25) is 9.69 Å². The number of halogens is 3. The molecule has 1 heterocycles. The number of nitriles is 1. The van der Waals surface area contributed by atoms with Gasteiger partial charge in [0.2, 0.25) is 5.91 Å². The molecule has 0 radical (unpaired) electrons. The number of carbonyl (C=O) groups is 2. The lowest BCUT2D eigenvalue weighted by Crippen LogP contribution is -2.39. The van der Waals surface area contributed by atoms with E-state index in [1.165, 1.54) is 0 Å². The molecule has 0 aromatic heterocycles. The molecule has 0 bridgehead atoms. The third kappa shape index (κ3) is 6.92. The number of hydrogen-bond donors (Lipinski definition) is 2. The minimum atomic E-state index is -5.08. The van der Waals surface area contributed by atoms with Gasteiger partial charge in [0.15, 0.2) is 0 Å². The number of rotatable bonds is 3. The van der Waals surface area contributed by atoms with E-state index in [2.05, 4.69) is 5.32 Å². The molecule has 0 aromatic rings. The van der Waals surface area contributed by atoms with Crippen molar-refractivity contribution in [3.63, 3.8) is 0 Å². The van der Waals surface area contributed by atoms with Crippen LogP contribution < -0.4 is 5.32 Å². The van der Waals surface area contributed by atoms with E-state index in [0.717, 1.165) is 0 Å². The highest BCUT2D eigenvalue weighted by Gasteiger charge is 2.38. The molecule has 1 amide bonds. The smallest absolute Gasteiger partial charge is 0.475 e. The average molecular weight is 311 g/mol. The first kappa shape index (κ1) is 19.1. The molecule has 21 heavy (non-hydrogen) atoms. The number of nitrogens with zero attached hydrogens (tertiary/aromatic N) is 2.